The molecule has 6 heteroatoms. The first-order chi connectivity index (χ1) is 10.0. The largest absolute Gasteiger partial charge is 0.347 e. The van der Waals surface area contributed by atoms with Crippen molar-refractivity contribution in [3.63, 3.8) is 0 Å². The van der Waals surface area contributed by atoms with Crippen LogP contribution >= 0.6 is 0 Å². The molecular formula is C15H28N4O2. The van der Waals surface area contributed by atoms with Crippen molar-refractivity contribution in [3.05, 3.63) is 0 Å². The van der Waals surface area contributed by atoms with E-state index in [1.54, 1.807) is 26.0 Å². The Labute approximate surface area is 127 Å². The van der Waals surface area contributed by atoms with E-state index in [0.717, 1.165) is 45.3 Å². The quantitative estimate of drug-likeness (QED) is 0.777. The number of nitrogens with zero attached hydrogens (tertiary/aromatic N) is 3. The van der Waals surface area contributed by atoms with Gasteiger partial charge in [-0.05, 0) is 45.3 Å². The van der Waals surface area contributed by atoms with Crippen molar-refractivity contribution in [1.82, 2.24) is 20.0 Å². The molecule has 2 aliphatic rings. The van der Waals surface area contributed by atoms with Crippen LogP contribution < -0.4 is 5.32 Å². The number of likely N-dealkylation sites (N-methyl/N-ethyl adjacent to an activating group) is 2. The summed E-state index contributed by atoms with van der Waals surface area (Å²) < 4.78 is 0. The zero-order chi connectivity index (χ0) is 15.4. The van der Waals surface area contributed by atoms with E-state index in [-0.39, 0.29) is 24.4 Å². The highest BCUT2D eigenvalue weighted by Gasteiger charge is 2.37. The van der Waals surface area contributed by atoms with E-state index in [9.17, 15) is 9.59 Å². The van der Waals surface area contributed by atoms with Crippen LogP contribution in [0.3, 0.4) is 0 Å². The molecule has 2 fully saturated rings. The van der Waals surface area contributed by atoms with Gasteiger partial charge in [0.15, 0.2) is 0 Å². The van der Waals surface area contributed by atoms with Crippen LogP contribution in [-0.4, -0.2) is 85.9 Å². The van der Waals surface area contributed by atoms with E-state index in [4.69, 9.17) is 0 Å². The molecule has 0 bridgehead atoms. The molecule has 2 aliphatic heterocycles. The van der Waals surface area contributed by atoms with Crippen LogP contribution in [0.25, 0.3) is 0 Å². The minimum atomic E-state index is -0.0342. The van der Waals surface area contributed by atoms with E-state index in [2.05, 4.69) is 10.2 Å². The van der Waals surface area contributed by atoms with E-state index in [1.807, 2.05) is 0 Å². The lowest BCUT2D eigenvalue weighted by atomic mass is 10.0. The van der Waals surface area contributed by atoms with Crippen molar-refractivity contribution in [2.45, 2.75) is 37.8 Å². The summed E-state index contributed by atoms with van der Waals surface area (Å²) in [5.41, 5.74) is 0. The fourth-order valence-electron chi connectivity index (χ4n) is 3.31. The monoisotopic (exact) mass is 296 g/mol. The zero-order valence-electron chi connectivity index (χ0n) is 13.5. The predicted molar refractivity (Wildman–Crippen MR) is 82.0 cm³/mol. The van der Waals surface area contributed by atoms with E-state index in [1.165, 1.54) is 4.90 Å². The molecule has 21 heavy (non-hydrogen) atoms. The fraction of sp³-hybridized carbons (Fsp3) is 0.867. The van der Waals surface area contributed by atoms with Gasteiger partial charge in [-0.1, -0.05) is 0 Å². The second kappa shape index (κ2) is 7.22. The van der Waals surface area contributed by atoms with Crippen LogP contribution in [0.5, 0.6) is 0 Å². The van der Waals surface area contributed by atoms with Crippen LogP contribution in [0, 0.1) is 0 Å². The number of hydrogen-bond donors (Lipinski definition) is 1. The molecule has 2 rings (SSSR count). The van der Waals surface area contributed by atoms with Gasteiger partial charge in [-0.3, -0.25) is 14.5 Å². The van der Waals surface area contributed by atoms with Gasteiger partial charge in [0.2, 0.25) is 11.8 Å². The van der Waals surface area contributed by atoms with Crippen molar-refractivity contribution in [3.8, 4) is 0 Å². The van der Waals surface area contributed by atoms with Crippen molar-refractivity contribution >= 4 is 11.8 Å². The average Bonchev–Trinajstić information content (AvgIpc) is 2.96. The highest BCUT2D eigenvalue weighted by molar-refractivity contribution is 5.87. The molecule has 2 saturated heterocycles. The number of rotatable bonds is 4. The number of carbonyl (C=O) groups is 2. The van der Waals surface area contributed by atoms with Crippen LogP contribution in [0.15, 0.2) is 0 Å². The smallest absolute Gasteiger partial charge is 0.241 e. The maximum absolute atomic E-state index is 12.7. The Bertz CT molecular complexity index is 380. The Morgan fingerprint density at radius 1 is 1.14 bits per heavy atom. The van der Waals surface area contributed by atoms with Gasteiger partial charge in [0.25, 0.3) is 0 Å². The number of carbonyl (C=O) groups excluding carboxylic acids is 2. The maximum atomic E-state index is 12.7. The van der Waals surface area contributed by atoms with Crippen molar-refractivity contribution in [2.24, 2.45) is 0 Å². The maximum Gasteiger partial charge on any atom is 0.241 e. The molecule has 0 aliphatic carbocycles. The Morgan fingerprint density at radius 2 is 1.81 bits per heavy atom. The molecule has 0 aromatic rings. The summed E-state index contributed by atoms with van der Waals surface area (Å²) in [5, 5.41) is 3.37. The molecule has 1 unspecified atom stereocenters. The third-order valence-electron chi connectivity index (χ3n) is 4.60. The number of likely N-dealkylation sites (tertiary alicyclic amines) is 1. The number of nitrogens with one attached hydrogen (secondary N) is 1. The number of piperidine rings is 1. The van der Waals surface area contributed by atoms with Gasteiger partial charge in [0, 0.05) is 27.2 Å². The minimum absolute atomic E-state index is 0.0303. The molecule has 0 aromatic carbocycles. The Morgan fingerprint density at radius 3 is 2.43 bits per heavy atom. The average molecular weight is 296 g/mol. The lowest BCUT2D eigenvalue weighted by Gasteiger charge is -2.36. The molecule has 2 amide bonds. The highest BCUT2D eigenvalue weighted by Crippen LogP contribution is 2.25. The molecule has 120 valence electrons. The lowest BCUT2D eigenvalue weighted by Crippen LogP contribution is -2.52. The van der Waals surface area contributed by atoms with Crippen LogP contribution in [-0.2, 0) is 9.59 Å². The third-order valence-corrected chi connectivity index (χ3v) is 4.60. The van der Waals surface area contributed by atoms with Gasteiger partial charge in [0.1, 0.15) is 0 Å². The minimum Gasteiger partial charge on any atom is -0.347 e. The van der Waals surface area contributed by atoms with Gasteiger partial charge in [-0.15, -0.1) is 0 Å². The third kappa shape index (κ3) is 3.95. The van der Waals surface area contributed by atoms with Crippen LogP contribution in [0.2, 0.25) is 0 Å². The zero-order valence-corrected chi connectivity index (χ0v) is 13.5. The lowest BCUT2D eigenvalue weighted by molar-refractivity contribution is -0.141. The molecule has 2 heterocycles. The summed E-state index contributed by atoms with van der Waals surface area (Å²) in [6.07, 6.45) is 4.23. The summed E-state index contributed by atoms with van der Waals surface area (Å²) in [7, 11) is 5.18. The van der Waals surface area contributed by atoms with E-state index in [0.29, 0.717) is 6.04 Å². The number of hydrogen-bond acceptors (Lipinski definition) is 4. The first-order valence-electron chi connectivity index (χ1n) is 7.92. The topological polar surface area (TPSA) is 55.9 Å². The van der Waals surface area contributed by atoms with Crippen molar-refractivity contribution < 1.29 is 9.59 Å². The second-order valence-corrected chi connectivity index (χ2v) is 6.36. The van der Waals surface area contributed by atoms with Crippen LogP contribution in [0.1, 0.15) is 25.7 Å². The molecule has 0 saturated carbocycles. The van der Waals surface area contributed by atoms with Crippen molar-refractivity contribution in [2.75, 3.05) is 47.3 Å². The highest BCUT2D eigenvalue weighted by atomic mass is 16.2. The van der Waals surface area contributed by atoms with E-state index < -0.39 is 0 Å². The van der Waals surface area contributed by atoms with Crippen LogP contribution in [0.4, 0.5) is 0 Å². The number of amides is 2. The summed E-state index contributed by atoms with van der Waals surface area (Å²) >= 11 is 0. The van der Waals surface area contributed by atoms with Gasteiger partial charge in [0.05, 0.1) is 12.6 Å². The van der Waals surface area contributed by atoms with E-state index >= 15 is 0 Å². The Balaban J connectivity index is 1.94. The molecule has 6 nitrogen and oxygen atoms in total. The predicted octanol–water partition coefficient (Wildman–Crippen LogP) is -0.251. The second-order valence-electron chi connectivity index (χ2n) is 6.36. The van der Waals surface area contributed by atoms with Gasteiger partial charge in [-0.2, -0.15) is 0 Å². The SMILES string of the molecule is CN(C)C(=O)CN(C)C(=O)C1CCCN1C1CCNCC1. The molecular weight excluding hydrogens is 268 g/mol. The summed E-state index contributed by atoms with van der Waals surface area (Å²) in [5.74, 6) is 0.0681. The molecule has 1 N–H and O–H groups in total. The molecule has 0 aromatic heterocycles. The molecule has 0 spiro atoms. The molecule has 1 atom stereocenters. The van der Waals surface area contributed by atoms with Gasteiger partial charge < -0.3 is 15.1 Å². The summed E-state index contributed by atoms with van der Waals surface area (Å²) in [4.78, 5) is 29.9. The first-order valence-corrected chi connectivity index (χ1v) is 7.92. The Hall–Kier alpha value is -1.14. The van der Waals surface area contributed by atoms with Gasteiger partial charge >= 0.3 is 0 Å². The fourth-order valence-corrected chi connectivity index (χ4v) is 3.31. The summed E-state index contributed by atoms with van der Waals surface area (Å²) in [6, 6.07) is 0.480. The summed E-state index contributed by atoms with van der Waals surface area (Å²) in [6.45, 7) is 3.26. The molecule has 0 radical (unpaired) electrons. The standard InChI is InChI=1S/C15H28N4O2/c1-17(2)14(20)11-18(3)15(21)13-5-4-10-19(13)12-6-8-16-9-7-12/h12-13,16H,4-11H2,1-3H3. The first kappa shape index (κ1) is 16.2. The normalized spacial score (nSPS) is 24.0. The Kier molecular flexibility index (Phi) is 5.58. The van der Waals surface area contributed by atoms with Gasteiger partial charge in [-0.25, -0.2) is 0 Å². The van der Waals surface area contributed by atoms with Crippen molar-refractivity contribution in [1.29, 1.82) is 0 Å².